The third-order valence-electron chi connectivity index (χ3n) is 8.16. The molecule has 0 spiro atoms. The van der Waals surface area contributed by atoms with Crippen molar-refractivity contribution in [2.24, 2.45) is 0 Å². The van der Waals surface area contributed by atoms with Crippen LogP contribution in [0.1, 0.15) is 5.56 Å². The molecule has 4 heteroatoms. The van der Waals surface area contributed by atoms with Crippen molar-refractivity contribution >= 4 is 21.9 Å². The van der Waals surface area contributed by atoms with Crippen molar-refractivity contribution < 1.29 is 4.42 Å². The highest BCUT2D eigenvalue weighted by Crippen LogP contribution is 2.40. The minimum Gasteiger partial charge on any atom is -0.454 e. The molecule has 3 heterocycles. The van der Waals surface area contributed by atoms with Crippen molar-refractivity contribution in [1.82, 2.24) is 15.0 Å². The molecule has 5 aromatic carbocycles. The van der Waals surface area contributed by atoms with Crippen LogP contribution in [0.15, 0.2) is 150 Å². The van der Waals surface area contributed by atoms with Gasteiger partial charge >= 0.3 is 0 Å². The Hall–Kier alpha value is -5.87. The lowest BCUT2D eigenvalue weighted by atomic mass is 9.96. The van der Waals surface area contributed by atoms with Gasteiger partial charge in [-0.25, -0.2) is 9.97 Å². The zero-order valence-corrected chi connectivity index (χ0v) is 24.1. The Kier molecular flexibility index (Phi) is 6.31. The Morgan fingerprint density at radius 2 is 1.07 bits per heavy atom. The SMILES string of the molecule is Cc1c(-c2ccccc2)nc(-c2ccccc2)nc1-c1cncc2oc3ccc(-c4cccc(-c5ccccc5)c4)cc3c12. The third-order valence-corrected chi connectivity index (χ3v) is 8.16. The lowest BCUT2D eigenvalue weighted by molar-refractivity contribution is 0.667. The fraction of sp³-hybridized carbons (Fsp3) is 0.0250. The molecule has 0 saturated heterocycles. The monoisotopic (exact) mass is 565 g/mol. The second-order valence-corrected chi connectivity index (χ2v) is 10.9. The van der Waals surface area contributed by atoms with Crippen molar-refractivity contribution in [1.29, 1.82) is 0 Å². The van der Waals surface area contributed by atoms with Crippen LogP contribution in [0.4, 0.5) is 0 Å². The molecule has 4 nitrogen and oxygen atoms in total. The molecule has 8 aromatic rings. The van der Waals surface area contributed by atoms with Crippen LogP contribution in [0.25, 0.3) is 78.1 Å². The van der Waals surface area contributed by atoms with E-state index in [0.29, 0.717) is 5.82 Å². The van der Waals surface area contributed by atoms with E-state index in [-0.39, 0.29) is 0 Å². The minimum absolute atomic E-state index is 0.674. The van der Waals surface area contributed by atoms with E-state index in [0.717, 1.165) is 66.7 Å². The summed E-state index contributed by atoms with van der Waals surface area (Å²) < 4.78 is 6.36. The summed E-state index contributed by atoms with van der Waals surface area (Å²) in [5.74, 6) is 0.674. The molecule has 0 amide bonds. The number of hydrogen-bond acceptors (Lipinski definition) is 4. The molecule has 0 unspecified atom stereocenters. The quantitative estimate of drug-likeness (QED) is 0.208. The van der Waals surface area contributed by atoms with Crippen molar-refractivity contribution in [2.75, 3.05) is 0 Å². The first-order chi connectivity index (χ1) is 21.7. The summed E-state index contributed by atoms with van der Waals surface area (Å²) in [4.78, 5) is 14.8. The Morgan fingerprint density at radius 1 is 0.477 bits per heavy atom. The van der Waals surface area contributed by atoms with E-state index in [4.69, 9.17) is 14.4 Å². The van der Waals surface area contributed by atoms with Crippen LogP contribution >= 0.6 is 0 Å². The van der Waals surface area contributed by atoms with Crippen LogP contribution in [0.2, 0.25) is 0 Å². The van der Waals surface area contributed by atoms with Crippen LogP contribution in [0, 0.1) is 6.92 Å². The van der Waals surface area contributed by atoms with E-state index in [9.17, 15) is 0 Å². The van der Waals surface area contributed by atoms with E-state index >= 15 is 0 Å². The summed E-state index contributed by atoms with van der Waals surface area (Å²) >= 11 is 0. The molecule has 0 atom stereocenters. The second kappa shape index (κ2) is 10.8. The average molecular weight is 566 g/mol. The van der Waals surface area contributed by atoms with Gasteiger partial charge in [0.2, 0.25) is 0 Å². The number of aromatic nitrogens is 3. The summed E-state index contributed by atoms with van der Waals surface area (Å²) in [7, 11) is 0. The molecule has 0 bridgehead atoms. The van der Waals surface area contributed by atoms with Crippen LogP contribution in [-0.4, -0.2) is 15.0 Å². The highest BCUT2D eigenvalue weighted by Gasteiger charge is 2.20. The van der Waals surface area contributed by atoms with Gasteiger partial charge in [0, 0.05) is 39.2 Å². The molecule has 0 aliphatic rings. The fourth-order valence-electron chi connectivity index (χ4n) is 5.97. The van der Waals surface area contributed by atoms with Crippen LogP contribution < -0.4 is 0 Å². The van der Waals surface area contributed by atoms with Gasteiger partial charge in [0.15, 0.2) is 11.4 Å². The van der Waals surface area contributed by atoms with Gasteiger partial charge in [-0.1, -0.05) is 115 Å². The molecule has 0 radical (unpaired) electrons. The minimum atomic E-state index is 0.674. The summed E-state index contributed by atoms with van der Waals surface area (Å²) in [5.41, 5.74) is 11.9. The smallest absolute Gasteiger partial charge is 0.160 e. The number of nitrogens with zero attached hydrogens (tertiary/aromatic N) is 3. The Bertz CT molecular complexity index is 2270. The molecular weight excluding hydrogens is 538 g/mol. The number of benzene rings is 5. The number of hydrogen-bond donors (Lipinski definition) is 0. The van der Waals surface area contributed by atoms with Crippen molar-refractivity contribution in [3.63, 3.8) is 0 Å². The second-order valence-electron chi connectivity index (χ2n) is 10.9. The predicted molar refractivity (Wildman–Crippen MR) is 179 cm³/mol. The fourth-order valence-corrected chi connectivity index (χ4v) is 5.97. The topological polar surface area (TPSA) is 51.8 Å². The molecule has 0 fully saturated rings. The number of fused-ring (bicyclic) bond motifs is 3. The molecule has 0 aliphatic heterocycles. The Balaban J connectivity index is 1.35. The normalized spacial score (nSPS) is 11.3. The lowest BCUT2D eigenvalue weighted by Crippen LogP contribution is -2.00. The predicted octanol–water partition coefficient (Wildman–Crippen LogP) is 10.4. The first-order valence-electron chi connectivity index (χ1n) is 14.7. The van der Waals surface area contributed by atoms with Gasteiger partial charge < -0.3 is 4.42 Å². The lowest BCUT2D eigenvalue weighted by Gasteiger charge is -2.14. The van der Waals surface area contributed by atoms with Gasteiger partial charge in [0.25, 0.3) is 0 Å². The molecule has 3 aromatic heterocycles. The molecule has 8 rings (SSSR count). The zero-order valence-electron chi connectivity index (χ0n) is 24.1. The summed E-state index contributed by atoms with van der Waals surface area (Å²) in [6.45, 7) is 2.09. The van der Waals surface area contributed by atoms with E-state index in [2.05, 4.69) is 90.8 Å². The Morgan fingerprint density at radius 3 is 1.80 bits per heavy atom. The highest BCUT2D eigenvalue weighted by atomic mass is 16.3. The van der Waals surface area contributed by atoms with Crippen LogP contribution in [-0.2, 0) is 0 Å². The van der Waals surface area contributed by atoms with E-state index in [1.807, 2.05) is 60.8 Å². The number of furan rings is 1. The van der Waals surface area contributed by atoms with Gasteiger partial charge in [0.1, 0.15) is 5.58 Å². The van der Waals surface area contributed by atoms with Gasteiger partial charge in [0.05, 0.1) is 17.6 Å². The van der Waals surface area contributed by atoms with Gasteiger partial charge in [-0.05, 0) is 47.4 Å². The van der Waals surface area contributed by atoms with Gasteiger partial charge in [-0.3, -0.25) is 4.98 Å². The first-order valence-corrected chi connectivity index (χ1v) is 14.7. The van der Waals surface area contributed by atoms with E-state index < -0.39 is 0 Å². The first kappa shape index (κ1) is 25.8. The molecule has 0 aliphatic carbocycles. The van der Waals surface area contributed by atoms with Crippen LogP contribution in [0.3, 0.4) is 0 Å². The molecule has 0 saturated carbocycles. The summed E-state index contributed by atoms with van der Waals surface area (Å²) in [5, 5.41) is 2.02. The number of rotatable bonds is 5. The van der Waals surface area contributed by atoms with Gasteiger partial charge in [-0.2, -0.15) is 0 Å². The largest absolute Gasteiger partial charge is 0.454 e. The summed E-state index contributed by atoms with van der Waals surface area (Å²) in [6, 6.07) is 46.0. The molecule has 208 valence electrons. The van der Waals surface area contributed by atoms with Gasteiger partial charge in [-0.15, -0.1) is 0 Å². The zero-order chi connectivity index (χ0) is 29.5. The maximum atomic E-state index is 6.36. The average Bonchev–Trinajstić information content (AvgIpc) is 3.48. The highest BCUT2D eigenvalue weighted by molar-refractivity contribution is 6.13. The van der Waals surface area contributed by atoms with E-state index in [1.54, 1.807) is 6.20 Å². The summed E-state index contributed by atoms with van der Waals surface area (Å²) in [6.07, 6.45) is 3.69. The maximum Gasteiger partial charge on any atom is 0.160 e. The molecular formula is C40H27N3O. The Labute approximate surface area is 255 Å². The van der Waals surface area contributed by atoms with Crippen molar-refractivity contribution in [2.45, 2.75) is 6.92 Å². The van der Waals surface area contributed by atoms with Crippen molar-refractivity contribution in [3.05, 3.63) is 151 Å². The standard InChI is InChI=1S/C40H27N3O/c1-26-38(28-14-7-3-8-15-28)42-40(29-16-9-4-10-17-29)43-39(26)34-24-41-25-36-37(34)33-23-32(20-21-35(33)44-36)31-19-11-18-30(22-31)27-12-5-2-6-13-27/h2-25H,1H3. The van der Waals surface area contributed by atoms with Crippen molar-refractivity contribution in [3.8, 4) is 56.2 Å². The third kappa shape index (κ3) is 4.54. The molecule has 0 N–H and O–H groups in total. The molecule has 44 heavy (non-hydrogen) atoms. The number of pyridine rings is 1. The van der Waals surface area contributed by atoms with E-state index in [1.165, 1.54) is 11.1 Å². The van der Waals surface area contributed by atoms with Crippen LogP contribution in [0.5, 0.6) is 0 Å². The maximum absolute atomic E-state index is 6.36.